The molecule has 2 aromatic rings. The smallest absolute Gasteiger partial charge is 0.256 e. The van der Waals surface area contributed by atoms with E-state index in [9.17, 15) is 22.4 Å². The average Bonchev–Trinajstić information content (AvgIpc) is 3.08. The van der Waals surface area contributed by atoms with Gasteiger partial charge >= 0.3 is 0 Å². The number of halogens is 1. The van der Waals surface area contributed by atoms with Crippen molar-refractivity contribution in [3.8, 4) is 0 Å². The Bertz CT molecular complexity index is 965. The number of sulfonamides is 1. The molecule has 0 atom stereocenters. The van der Waals surface area contributed by atoms with E-state index in [1.165, 1.54) is 22.5 Å². The van der Waals surface area contributed by atoms with E-state index in [4.69, 9.17) is 5.73 Å². The van der Waals surface area contributed by atoms with Gasteiger partial charge in [-0.15, -0.1) is 11.3 Å². The Morgan fingerprint density at radius 3 is 2.33 bits per heavy atom. The number of thiophene rings is 1. The highest BCUT2D eigenvalue weighted by atomic mass is 32.2. The normalized spacial score (nSPS) is 15.4. The summed E-state index contributed by atoms with van der Waals surface area (Å²) in [5.74, 6) is -1.93. The quantitative estimate of drug-likeness (QED) is 0.787. The van der Waals surface area contributed by atoms with Crippen LogP contribution < -0.4 is 11.1 Å². The molecule has 0 spiro atoms. The molecule has 0 unspecified atom stereocenters. The summed E-state index contributed by atoms with van der Waals surface area (Å²) >= 11 is 0.778. The molecule has 2 amide bonds. The van der Waals surface area contributed by atoms with Crippen molar-refractivity contribution >= 4 is 38.2 Å². The number of benzene rings is 1. The largest absolute Gasteiger partial charge is 0.366 e. The Kier molecular flexibility index (Phi) is 5.59. The first-order valence-corrected chi connectivity index (χ1v) is 10.6. The number of hydrogen-bond acceptors (Lipinski definition) is 5. The maximum Gasteiger partial charge on any atom is 0.256 e. The van der Waals surface area contributed by atoms with Crippen molar-refractivity contribution in [1.29, 1.82) is 0 Å². The van der Waals surface area contributed by atoms with Crippen molar-refractivity contribution in [3.05, 3.63) is 47.3 Å². The van der Waals surface area contributed by atoms with Crippen molar-refractivity contribution in [2.24, 2.45) is 5.73 Å². The number of piperidine rings is 1. The monoisotopic (exact) mass is 411 g/mol. The summed E-state index contributed by atoms with van der Waals surface area (Å²) in [6.07, 6.45) is 2.53. The molecule has 1 fully saturated rings. The van der Waals surface area contributed by atoms with Gasteiger partial charge in [0, 0.05) is 18.7 Å². The zero-order valence-electron chi connectivity index (χ0n) is 14.3. The summed E-state index contributed by atoms with van der Waals surface area (Å²) in [5, 5.41) is 2.54. The van der Waals surface area contributed by atoms with E-state index >= 15 is 0 Å². The van der Waals surface area contributed by atoms with Crippen LogP contribution in [0.1, 0.15) is 40.0 Å². The van der Waals surface area contributed by atoms with Crippen LogP contribution >= 0.6 is 11.3 Å². The minimum atomic E-state index is -3.76. The topological polar surface area (TPSA) is 110 Å². The molecule has 2 heterocycles. The Balaban J connectivity index is 1.90. The van der Waals surface area contributed by atoms with Gasteiger partial charge in [-0.2, -0.15) is 4.31 Å². The number of nitrogens with two attached hydrogens (primary N) is 1. The third-order valence-electron chi connectivity index (χ3n) is 4.22. The lowest BCUT2D eigenvalue weighted by atomic mass is 10.2. The van der Waals surface area contributed by atoms with Gasteiger partial charge in [-0.3, -0.25) is 9.59 Å². The van der Waals surface area contributed by atoms with Crippen LogP contribution in [-0.4, -0.2) is 37.6 Å². The van der Waals surface area contributed by atoms with Crippen molar-refractivity contribution < 1.29 is 22.4 Å². The van der Waals surface area contributed by atoms with E-state index in [0.29, 0.717) is 13.1 Å². The van der Waals surface area contributed by atoms with E-state index in [2.05, 4.69) is 5.32 Å². The zero-order valence-corrected chi connectivity index (χ0v) is 15.9. The fourth-order valence-electron chi connectivity index (χ4n) is 2.78. The number of nitrogens with zero attached hydrogens (tertiary/aromatic N) is 1. The van der Waals surface area contributed by atoms with Gasteiger partial charge in [-0.1, -0.05) is 6.42 Å². The number of hydrogen-bond donors (Lipinski definition) is 2. The van der Waals surface area contributed by atoms with Crippen LogP contribution in [0.5, 0.6) is 0 Å². The molecule has 0 aliphatic carbocycles. The van der Waals surface area contributed by atoms with Gasteiger partial charge < -0.3 is 11.1 Å². The summed E-state index contributed by atoms with van der Waals surface area (Å²) in [6, 6.07) is 6.02. The molecule has 27 heavy (non-hydrogen) atoms. The molecule has 0 bridgehead atoms. The van der Waals surface area contributed by atoms with Crippen LogP contribution in [-0.2, 0) is 10.0 Å². The number of nitrogens with one attached hydrogen (secondary N) is 1. The molecular weight excluding hydrogens is 393 g/mol. The summed E-state index contributed by atoms with van der Waals surface area (Å²) in [7, 11) is -3.76. The van der Waals surface area contributed by atoms with Crippen molar-refractivity contribution in [1.82, 2.24) is 4.31 Å². The van der Waals surface area contributed by atoms with Gasteiger partial charge in [0.05, 0.1) is 5.56 Å². The molecule has 0 radical (unpaired) electrons. The lowest BCUT2D eigenvalue weighted by molar-refractivity contribution is 0.100. The molecule has 0 saturated carbocycles. The number of carbonyl (C=O) groups excluding carboxylic acids is 2. The number of carbonyl (C=O) groups is 2. The minimum Gasteiger partial charge on any atom is -0.366 e. The van der Waals surface area contributed by atoms with Crippen molar-refractivity contribution in [2.45, 2.75) is 23.5 Å². The van der Waals surface area contributed by atoms with E-state index in [-0.39, 0.29) is 20.3 Å². The van der Waals surface area contributed by atoms with E-state index in [1.807, 2.05) is 0 Å². The molecule has 1 aromatic heterocycles. The van der Waals surface area contributed by atoms with Gasteiger partial charge in [0.15, 0.2) is 0 Å². The molecule has 1 aliphatic heterocycles. The molecular formula is C17H18FN3O4S2. The second-order valence-corrected chi connectivity index (χ2v) is 9.32. The highest BCUT2D eigenvalue weighted by molar-refractivity contribution is 7.91. The van der Waals surface area contributed by atoms with Gasteiger partial charge in [0.25, 0.3) is 21.8 Å². The number of primary amides is 1. The van der Waals surface area contributed by atoms with Crippen LogP contribution in [0, 0.1) is 5.82 Å². The first kappa shape index (κ1) is 19.5. The summed E-state index contributed by atoms with van der Waals surface area (Å²) in [6.45, 7) is 0.840. The van der Waals surface area contributed by atoms with Crippen LogP contribution in [0.3, 0.4) is 0 Å². The Labute approximate surface area is 160 Å². The number of amides is 2. The lowest BCUT2D eigenvalue weighted by Gasteiger charge is -2.25. The van der Waals surface area contributed by atoms with Crippen LogP contribution in [0.15, 0.2) is 34.5 Å². The lowest BCUT2D eigenvalue weighted by Crippen LogP contribution is -2.35. The van der Waals surface area contributed by atoms with E-state index < -0.39 is 27.7 Å². The Hall–Kier alpha value is -2.30. The maximum atomic E-state index is 13.0. The number of anilines is 1. The summed E-state index contributed by atoms with van der Waals surface area (Å²) < 4.78 is 39.9. The van der Waals surface area contributed by atoms with Gasteiger partial charge in [-0.05, 0) is 43.2 Å². The third-order valence-corrected chi connectivity index (χ3v) is 7.62. The fraction of sp³-hybridized carbons (Fsp3) is 0.294. The number of rotatable bonds is 5. The Morgan fingerprint density at radius 1 is 1.11 bits per heavy atom. The van der Waals surface area contributed by atoms with Crippen LogP contribution in [0.25, 0.3) is 0 Å². The minimum absolute atomic E-state index is 0.0485. The molecule has 144 valence electrons. The fourth-order valence-corrected chi connectivity index (χ4v) is 5.82. The van der Waals surface area contributed by atoms with Crippen LogP contribution in [0.2, 0.25) is 0 Å². The summed E-state index contributed by atoms with van der Waals surface area (Å²) in [5.41, 5.74) is 5.43. The Morgan fingerprint density at radius 2 is 1.74 bits per heavy atom. The van der Waals surface area contributed by atoms with Gasteiger partial charge in [-0.25, -0.2) is 12.8 Å². The standard InChI is InChI=1S/C17H18FN3O4S2/c18-12-6-4-11(5-7-12)16(23)20-17-13(15(19)22)10-14(26-17)27(24,25)21-8-2-1-3-9-21/h4-7,10H,1-3,8-9H2,(H2,19,22)(H,20,23). The molecule has 1 aliphatic rings. The second-order valence-electron chi connectivity index (χ2n) is 6.10. The first-order valence-electron chi connectivity index (χ1n) is 8.30. The maximum absolute atomic E-state index is 13.0. The highest BCUT2D eigenvalue weighted by Crippen LogP contribution is 2.34. The predicted octanol–water partition coefficient (Wildman–Crippen LogP) is 2.41. The first-order chi connectivity index (χ1) is 12.8. The van der Waals surface area contributed by atoms with Gasteiger partial charge in [0.2, 0.25) is 0 Å². The predicted molar refractivity (Wildman–Crippen MR) is 99.8 cm³/mol. The molecule has 1 aromatic carbocycles. The second kappa shape index (κ2) is 7.75. The van der Waals surface area contributed by atoms with E-state index in [0.717, 1.165) is 42.7 Å². The van der Waals surface area contributed by atoms with Crippen molar-refractivity contribution in [3.63, 3.8) is 0 Å². The summed E-state index contributed by atoms with van der Waals surface area (Å²) in [4.78, 5) is 24.0. The van der Waals surface area contributed by atoms with Crippen LogP contribution in [0.4, 0.5) is 9.39 Å². The molecule has 10 heteroatoms. The average molecular weight is 411 g/mol. The highest BCUT2D eigenvalue weighted by Gasteiger charge is 2.30. The zero-order chi connectivity index (χ0) is 19.6. The third kappa shape index (κ3) is 4.18. The van der Waals surface area contributed by atoms with Gasteiger partial charge in [0.1, 0.15) is 15.0 Å². The SMILES string of the molecule is NC(=O)c1cc(S(=O)(=O)N2CCCCC2)sc1NC(=O)c1ccc(F)cc1. The molecule has 1 saturated heterocycles. The molecule has 7 nitrogen and oxygen atoms in total. The van der Waals surface area contributed by atoms with E-state index in [1.54, 1.807) is 0 Å². The molecule has 3 rings (SSSR count). The van der Waals surface area contributed by atoms with Crippen molar-refractivity contribution in [2.75, 3.05) is 18.4 Å². The molecule has 3 N–H and O–H groups in total.